The number of benzene rings is 2. The van der Waals surface area contributed by atoms with Gasteiger partial charge in [0.25, 0.3) is 5.91 Å². The van der Waals surface area contributed by atoms with Gasteiger partial charge in [-0.25, -0.2) is 8.42 Å². The SMILES string of the molecule is COc1ccc(N2C(=NC(=O)Cc3ccccc3)S[C@H]3CS(=O)(=O)C[C@@H]32)c(OC)c1. The molecule has 1 amide bonds. The largest absolute Gasteiger partial charge is 0.497 e. The normalized spacial score (nSPS) is 23.4. The Morgan fingerprint density at radius 1 is 1.13 bits per heavy atom. The fourth-order valence-corrected chi connectivity index (χ4v) is 7.67. The Balaban J connectivity index is 1.70. The molecule has 2 saturated heterocycles. The number of carbonyl (C=O) groups excluding carboxylic acids is 1. The summed E-state index contributed by atoms with van der Waals surface area (Å²) in [6.07, 6.45) is 0.187. The van der Waals surface area contributed by atoms with E-state index < -0.39 is 9.84 Å². The average molecular weight is 447 g/mol. The minimum atomic E-state index is -3.15. The minimum Gasteiger partial charge on any atom is -0.497 e. The van der Waals surface area contributed by atoms with Crippen LogP contribution in [0.25, 0.3) is 0 Å². The molecule has 0 saturated carbocycles. The Kier molecular flexibility index (Phi) is 5.75. The van der Waals surface area contributed by atoms with Gasteiger partial charge in [0.15, 0.2) is 15.0 Å². The van der Waals surface area contributed by atoms with Crippen molar-refractivity contribution in [3.8, 4) is 11.5 Å². The Labute approximate surface area is 180 Å². The highest BCUT2D eigenvalue weighted by Crippen LogP contribution is 2.44. The summed E-state index contributed by atoms with van der Waals surface area (Å²) in [5.74, 6) is 0.971. The lowest BCUT2D eigenvalue weighted by Gasteiger charge is -2.26. The molecule has 7 nitrogen and oxygen atoms in total. The third-order valence-corrected chi connectivity index (χ3v) is 8.34. The van der Waals surface area contributed by atoms with Gasteiger partial charge < -0.3 is 14.4 Å². The zero-order chi connectivity index (χ0) is 21.3. The summed E-state index contributed by atoms with van der Waals surface area (Å²) < 4.78 is 35.3. The number of methoxy groups -OCH3 is 2. The molecule has 2 aliphatic rings. The van der Waals surface area contributed by atoms with E-state index >= 15 is 0 Å². The van der Waals surface area contributed by atoms with Crippen LogP contribution >= 0.6 is 11.8 Å². The molecule has 2 fully saturated rings. The van der Waals surface area contributed by atoms with Gasteiger partial charge in [0.1, 0.15) is 11.5 Å². The maximum absolute atomic E-state index is 12.7. The summed E-state index contributed by atoms with van der Waals surface area (Å²) in [7, 11) is -0.0395. The third-order valence-electron chi connectivity index (χ3n) is 5.13. The molecule has 0 N–H and O–H groups in total. The van der Waals surface area contributed by atoms with Crippen LogP contribution in [0, 0.1) is 0 Å². The summed E-state index contributed by atoms with van der Waals surface area (Å²) in [6.45, 7) is 0. The minimum absolute atomic E-state index is 0.0196. The second-order valence-corrected chi connectivity index (χ2v) is 10.5. The second kappa shape index (κ2) is 8.31. The predicted molar refractivity (Wildman–Crippen MR) is 118 cm³/mol. The van der Waals surface area contributed by atoms with Gasteiger partial charge in [-0.15, -0.1) is 0 Å². The number of thioether (sulfide) groups is 1. The topological polar surface area (TPSA) is 85.3 Å². The Bertz CT molecular complexity index is 1090. The number of amidine groups is 1. The molecule has 2 atom stereocenters. The van der Waals surface area contributed by atoms with E-state index in [-0.39, 0.29) is 35.1 Å². The molecular formula is C21H22N2O5S2. The maximum Gasteiger partial charge on any atom is 0.252 e. The molecular weight excluding hydrogens is 424 g/mol. The van der Waals surface area contributed by atoms with Gasteiger partial charge in [-0.05, 0) is 17.7 Å². The van der Waals surface area contributed by atoms with Gasteiger partial charge in [-0.3, -0.25) is 4.79 Å². The molecule has 2 heterocycles. The van der Waals surface area contributed by atoms with Crippen molar-refractivity contribution in [3.63, 3.8) is 0 Å². The first kappa shape index (κ1) is 20.7. The number of carbonyl (C=O) groups is 1. The molecule has 0 aliphatic carbocycles. The van der Waals surface area contributed by atoms with Crippen molar-refractivity contribution in [1.82, 2.24) is 0 Å². The first-order chi connectivity index (χ1) is 14.4. The number of hydrogen-bond donors (Lipinski definition) is 0. The quantitative estimate of drug-likeness (QED) is 0.698. The van der Waals surface area contributed by atoms with E-state index in [0.717, 1.165) is 5.56 Å². The Hall–Kier alpha value is -2.52. The average Bonchev–Trinajstić information content (AvgIpc) is 3.18. The molecule has 0 radical (unpaired) electrons. The monoisotopic (exact) mass is 446 g/mol. The van der Waals surface area contributed by atoms with Gasteiger partial charge in [-0.2, -0.15) is 4.99 Å². The van der Waals surface area contributed by atoms with E-state index in [4.69, 9.17) is 9.47 Å². The number of nitrogens with zero attached hydrogens (tertiary/aromatic N) is 2. The van der Waals surface area contributed by atoms with E-state index in [1.807, 2.05) is 41.3 Å². The zero-order valence-electron chi connectivity index (χ0n) is 16.6. The number of hydrogen-bond acceptors (Lipinski definition) is 6. The van der Waals surface area contributed by atoms with Gasteiger partial charge >= 0.3 is 0 Å². The summed E-state index contributed by atoms with van der Waals surface area (Å²) in [4.78, 5) is 18.8. The van der Waals surface area contributed by atoms with E-state index in [1.54, 1.807) is 26.4 Å². The summed E-state index contributed by atoms with van der Waals surface area (Å²) >= 11 is 1.34. The van der Waals surface area contributed by atoms with Crippen LogP contribution < -0.4 is 14.4 Å². The number of anilines is 1. The first-order valence-corrected chi connectivity index (χ1v) is 12.1. The van der Waals surface area contributed by atoms with Crippen LogP contribution in [0.2, 0.25) is 0 Å². The van der Waals surface area contributed by atoms with Crippen molar-refractivity contribution in [2.45, 2.75) is 17.7 Å². The number of amides is 1. The number of ether oxygens (including phenoxy) is 2. The lowest BCUT2D eigenvalue weighted by molar-refractivity contribution is -0.117. The van der Waals surface area contributed by atoms with E-state index in [9.17, 15) is 13.2 Å². The Morgan fingerprint density at radius 2 is 1.90 bits per heavy atom. The number of fused-ring (bicyclic) bond motifs is 1. The predicted octanol–water partition coefficient (Wildman–Crippen LogP) is 2.55. The first-order valence-electron chi connectivity index (χ1n) is 9.44. The van der Waals surface area contributed by atoms with Crippen molar-refractivity contribution in [2.24, 2.45) is 4.99 Å². The van der Waals surface area contributed by atoms with Crippen LogP contribution in [0.5, 0.6) is 11.5 Å². The molecule has 0 spiro atoms. The zero-order valence-corrected chi connectivity index (χ0v) is 18.3. The van der Waals surface area contributed by atoms with Crippen LogP contribution in [0.4, 0.5) is 5.69 Å². The van der Waals surface area contributed by atoms with Crippen LogP contribution in [0.15, 0.2) is 53.5 Å². The third kappa shape index (κ3) is 4.17. The molecule has 2 aromatic carbocycles. The van der Waals surface area contributed by atoms with Crippen LogP contribution in [-0.2, 0) is 21.1 Å². The maximum atomic E-state index is 12.7. The van der Waals surface area contributed by atoms with E-state index in [0.29, 0.717) is 22.4 Å². The summed E-state index contributed by atoms with van der Waals surface area (Å²) in [5, 5.41) is 0.328. The highest BCUT2D eigenvalue weighted by Gasteiger charge is 2.50. The van der Waals surface area contributed by atoms with Crippen molar-refractivity contribution in [1.29, 1.82) is 0 Å². The van der Waals surface area contributed by atoms with E-state index in [2.05, 4.69) is 4.99 Å². The van der Waals surface area contributed by atoms with Gasteiger partial charge in [0.2, 0.25) is 0 Å². The van der Waals surface area contributed by atoms with Crippen LogP contribution in [0.1, 0.15) is 5.56 Å². The summed E-state index contributed by atoms with van der Waals surface area (Å²) in [5.41, 5.74) is 1.55. The van der Waals surface area contributed by atoms with Crippen LogP contribution in [0.3, 0.4) is 0 Å². The summed E-state index contributed by atoms with van der Waals surface area (Å²) in [6, 6.07) is 14.4. The molecule has 0 bridgehead atoms. The van der Waals surface area contributed by atoms with E-state index in [1.165, 1.54) is 11.8 Å². The van der Waals surface area contributed by atoms with Gasteiger partial charge in [0.05, 0.1) is 43.9 Å². The molecule has 9 heteroatoms. The molecule has 158 valence electrons. The fourth-order valence-electron chi connectivity index (χ4n) is 3.75. The number of aliphatic imine (C=N–C) groups is 1. The van der Waals surface area contributed by atoms with Gasteiger partial charge in [-0.1, -0.05) is 42.1 Å². The lowest BCUT2D eigenvalue weighted by Crippen LogP contribution is -2.38. The lowest BCUT2D eigenvalue weighted by atomic mass is 10.1. The second-order valence-electron chi connectivity index (χ2n) is 7.16. The molecule has 0 unspecified atom stereocenters. The molecule has 2 aromatic rings. The van der Waals surface area contributed by atoms with Gasteiger partial charge in [0, 0.05) is 11.3 Å². The standard InChI is InChI=1S/C21H22N2O5S2/c1-27-15-8-9-16(18(11-15)28-2)23-17-12-30(25,26)13-19(17)29-21(23)22-20(24)10-14-6-4-3-5-7-14/h3-9,11,17,19H,10,12-13H2,1-2H3/t17-,19-/m0/s1. The Morgan fingerprint density at radius 3 is 2.60 bits per heavy atom. The molecule has 4 rings (SSSR count). The highest BCUT2D eigenvalue weighted by molar-refractivity contribution is 8.16. The van der Waals surface area contributed by atoms with Crippen molar-refractivity contribution < 1.29 is 22.7 Å². The van der Waals surface area contributed by atoms with Crippen molar-refractivity contribution in [3.05, 3.63) is 54.1 Å². The smallest absolute Gasteiger partial charge is 0.252 e. The number of sulfone groups is 1. The van der Waals surface area contributed by atoms with Crippen molar-refractivity contribution in [2.75, 3.05) is 30.6 Å². The molecule has 30 heavy (non-hydrogen) atoms. The van der Waals surface area contributed by atoms with Crippen LogP contribution in [-0.4, -0.2) is 56.5 Å². The fraction of sp³-hybridized carbons (Fsp3) is 0.333. The number of rotatable bonds is 5. The molecule has 0 aromatic heterocycles. The van der Waals surface area contributed by atoms with Crippen molar-refractivity contribution >= 4 is 38.4 Å². The highest BCUT2D eigenvalue weighted by atomic mass is 32.2. The molecule has 2 aliphatic heterocycles.